The lowest BCUT2D eigenvalue weighted by molar-refractivity contribution is -0.114. The van der Waals surface area contributed by atoms with Crippen molar-refractivity contribution in [2.45, 2.75) is 26.2 Å². The minimum absolute atomic E-state index is 0.0755. The monoisotopic (exact) mass is 273 g/mol. The van der Waals surface area contributed by atoms with Gasteiger partial charge in [0.2, 0.25) is 0 Å². The summed E-state index contributed by atoms with van der Waals surface area (Å²) in [5.41, 5.74) is 1.39. The Kier molecular flexibility index (Phi) is 4.82. The molecule has 2 aromatic rings. The fraction of sp³-hybridized carbons (Fsp3) is 0.250. The first-order valence-corrected chi connectivity index (χ1v) is 6.62. The summed E-state index contributed by atoms with van der Waals surface area (Å²) in [7, 11) is 0. The highest BCUT2D eigenvalue weighted by atomic mass is 19.1. The molecule has 0 aliphatic rings. The SMILES string of the molecule is CCCCC(=O)/C=C/c1cc(-c2ccc(F)cc2)no1. The number of allylic oxidation sites excluding steroid dienone is 1. The molecule has 104 valence electrons. The van der Waals surface area contributed by atoms with Gasteiger partial charge in [0.25, 0.3) is 0 Å². The molecule has 4 heteroatoms. The van der Waals surface area contributed by atoms with Crippen LogP contribution in [0.4, 0.5) is 4.39 Å². The van der Waals surface area contributed by atoms with E-state index in [0.717, 1.165) is 18.4 Å². The van der Waals surface area contributed by atoms with Crippen LogP contribution in [0.3, 0.4) is 0 Å². The number of aromatic nitrogens is 1. The van der Waals surface area contributed by atoms with Crippen molar-refractivity contribution in [3.63, 3.8) is 0 Å². The molecule has 0 bridgehead atoms. The number of rotatable bonds is 6. The van der Waals surface area contributed by atoms with Crippen molar-refractivity contribution in [1.29, 1.82) is 0 Å². The summed E-state index contributed by atoms with van der Waals surface area (Å²) in [4.78, 5) is 11.5. The van der Waals surface area contributed by atoms with Crippen LogP contribution in [0.2, 0.25) is 0 Å². The van der Waals surface area contributed by atoms with Crippen LogP contribution in [0.25, 0.3) is 17.3 Å². The van der Waals surface area contributed by atoms with Gasteiger partial charge in [0.15, 0.2) is 11.5 Å². The molecule has 0 spiro atoms. The van der Waals surface area contributed by atoms with Gasteiger partial charge in [-0.1, -0.05) is 18.5 Å². The van der Waals surface area contributed by atoms with Gasteiger partial charge in [-0.2, -0.15) is 0 Å². The largest absolute Gasteiger partial charge is 0.356 e. The summed E-state index contributed by atoms with van der Waals surface area (Å²) in [6.45, 7) is 2.04. The zero-order valence-electron chi connectivity index (χ0n) is 11.3. The fourth-order valence-corrected chi connectivity index (χ4v) is 1.73. The molecule has 1 aromatic heterocycles. The molecule has 1 heterocycles. The maximum Gasteiger partial charge on any atom is 0.160 e. The smallest absolute Gasteiger partial charge is 0.160 e. The highest BCUT2D eigenvalue weighted by Gasteiger charge is 2.05. The van der Waals surface area contributed by atoms with E-state index in [4.69, 9.17) is 4.52 Å². The molecule has 0 aliphatic heterocycles. The number of ketones is 1. The van der Waals surface area contributed by atoms with E-state index in [0.29, 0.717) is 17.9 Å². The average Bonchev–Trinajstić information content (AvgIpc) is 2.92. The van der Waals surface area contributed by atoms with Gasteiger partial charge in [-0.3, -0.25) is 4.79 Å². The molecule has 0 unspecified atom stereocenters. The van der Waals surface area contributed by atoms with Crippen LogP contribution in [0.1, 0.15) is 31.9 Å². The standard InChI is InChI=1S/C16H16FNO2/c1-2-3-4-14(19)9-10-15-11-16(18-20-15)12-5-7-13(17)8-6-12/h5-11H,2-4H2,1H3/b10-9+. The average molecular weight is 273 g/mol. The second kappa shape index (κ2) is 6.80. The summed E-state index contributed by atoms with van der Waals surface area (Å²) in [5.74, 6) is 0.291. The number of hydrogen-bond donors (Lipinski definition) is 0. The third kappa shape index (κ3) is 3.88. The predicted octanol–water partition coefficient (Wildman–Crippen LogP) is 4.25. The Bertz CT molecular complexity index is 599. The summed E-state index contributed by atoms with van der Waals surface area (Å²) in [6, 6.07) is 7.72. The molecule has 2 rings (SSSR count). The van der Waals surface area contributed by atoms with Crippen molar-refractivity contribution in [2.75, 3.05) is 0 Å². The van der Waals surface area contributed by atoms with Gasteiger partial charge in [0, 0.05) is 18.1 Å². The minimum atomic E-state index is -0.293. The van der Waals surface area contributed by atoms with Gasteiger partial charge in [0.05, 0.1) is 0 Å². The molecule has 1 aromatic carbocycles. The Hall–Kier alpha value is -2.23. The van der Waals surface area contributed by atoms with Gasteiger partial charge in [-0.15, -0.1) is 0 Å². The normalized spacial score (nSPS) is 11.1. The first-order valence-electron chi connectivity index (χ1n) is 6.62. The maximum absolute atomic E-state index is 12.8. The second-order valence-corrected chi connectivity index (χ2v) is 4.52. The van der Waals surface area contributed by atoms with Crippen molar-refractivity contribution >= 4 is 11.9 Å². The van der Waals surface area contributed by atoms with Gasteiger partial charge < -0.3 is 4.52 Å². The van der Waals surface area contributed by atoms with Gasteiger partial charge in [-0.05, 0) is 42.8 Å². The first-order chi connectivity index (χ1) is 9.69. The summed E-state index contributed by atoms with van der Waals surface area (Å²) in [5, 5.41) is 3.90. The third-order valence-corrected chi connectivity index (χ3v) is 2.88. The predicted molar refractivity (Wildman–Crippen MR) is 75.5 cm³/mol. The molecule has 0 N–H and O–H groups in total. The molecule has 0 aliphatic carbocycles. The van der Waals surface area contributed by atoms with Crippen molar-refractivity contribution in [3.8, 4) is 11.3 Å². The van der Waals surface area contributed by atoms with Crippen LogP contribution >= 0.6 is 0 Å². The Morgan fingerprint density at radius 1 is 1.35 bits per heavy atom. The topological polar surface area (TPSA) is 43.1 Å². The highest BCUT2D eigenvalue weighted by Crippen LogP contribution is 2.20. The zero-order chi connectivity index (χ0) is 14.4. The van der Waals surface area contributed by atoms with E-state index in [1.807, 2.05) is 6.92 Å². The number of benzene rings is 1. The fourth-order valence-electron chi connectivity index (χ4n) is 1.73. The van der Waals surface area contributed by atoms with Crippen LogP contribution in [0.5, 0.6) is 0 Å². The van der Waals surface area contributed by atoms with E-state index in [-0.39, 0.29) is 11.6 Å². The number of halogens is 1. The van der Waals surface area contributed by atoms with E-state index in [1.165, 1.54) is 18.2 Å². The lowest BCUT2D eigenvalue weighted by atomic mass is 10.1. The van der Waals surface area contributed by atoms with E-state index < -0.39 is 0 Å². The molecule has 0 saturated carbocycles. The Morgan fingerprint density at radius 3 is 2.80 bits per heavy atom. The van der Waals surface area contributed by atoms with Crippen molar-refractivity contribution in [2.24, 2.45) is 0 Å². The van der Waals surface area contributed by atoms with Crippen molar-refractivity contribution in [1.82, 2.24) is 5.16 Å². The number of unbranched alkanes of at least 4 members (excludes halogenated alkanes) is 1. The van der Waals surface area contributed by atoms with E-state index >= 15 is 0 Å². The van der Waals surface area contributed by atoms with Crippen LogP contribution in [-0.4, -0.2) is 10.9 Å². The zero-order valence-corrected chi connectivity index (χ0v) is 11.3. The Morgan fingerprint density at radius 2 is 2.10 bits per heavy atom. The molecule has 0 fully saturated rings. The Balaban J connectivity index is 2.04. The highest BCUT2D eigenvalue weighted by molar-refractivity contribution is 5.93. The van der Waals surface area contributed by atoms with Gasteiger partial charge in [0.1, 0.15) is 11.5 Å². The Labute approximate surface area is 117 Å². The third-order valence-electron chi connectivity index (χ3n) is 2.88. The van der Waals surface area contributed by atoms with Crippen LogP contribution in [-0.2, 0) is 4.79 Å². The van der Waals surface area contributed by atoms with Crippen molar-refractivity contribution in [3.05, 3.63) is 48.0 Å². The number of nitrogens with zero attached hydrogens (tertiary/aromatic N) is 1. The van der Waals surface area contributed by atoms with Crippen LogP contribution < -0.4 is 0 Å². The summed E-state index contributed by atoms with van der Waals surface area (Å²) >= 11 is 0. The van der Waals surface area contributed by atoms with Gasteiger partial charge >= 0.3 is 0 Å². The molecule has 0 atom stereocenters. The van der Waals surface area contributed by atoms with Gasteiger partial charge in [-0.25, -0.2) is 4.39 Å². The summed E-state index contributed by atoms with van der Waals surface area (Å²) < 4.78 is 17.9. The first kappa shape index (κ1) is 14.2. The molecule has 0 amide bonds. The maximum atomic E-state index is 12.8. The molecule has 0 saturated heterocycles. The number of carbonyl (C=O) groups is 1. The molecule has 3 nitrogen and oxygen atoms in total. The van der Waals surface area contributed by atoms with Crippen molar-refractivity contribution < 1.29 is 13.7 Å². The molecular weight excluding hydrogens is 257 g/mol. The lowest BCUT2D eigenvalue weighted by Crippen LogP contribution is -1.90. The van der Waals surface area contributed by atoms with E-state index in [1.54, 1.807) is 24.3 Å². The van der Waals surface area contributed by atoms with Crippen LogP contribution in [0, 0.1) is 5.82 Å². The second-order valence-electron chi connectivity index (χ2n) is 4.52. The number of hydrogen-bond acceptors (Lipinski definition) is 3. The van der Waals surface area contributed by atoms with E-state index in [2.05, 4.69) is 5.16 Å². The molecule has 0 radical (unpaired) electrons. The number of carbonyl (C=O) groups excluding carboxylic acids is 1. The lowest BCUT2D eigenvalue weighted by Gasteiger charge is -1.93. The van der Waals surface area contributed by atoms with Crippen LogP contribution in [0.15, 0.2) is 40.9 Å². The quantitative estimate of drug-likeness (QED) is 0.739. The molecular formula is C16H16FNO2. The minimum Gasteiger partial charge on any atom is -0.356 e. The molecule has 20 heavy (non-hydrogen) atoms. The van der Waals surface area contributed by atoms with E-state index in [9.17, 15) is 9.18 Å². The summed E-state index contributed by atoms with van der Waals surface area (Å²) in [6.07, 6.45) is 5.55.